The van der Waals surface area contributed by atoms with Gasteiger partial charge in [0.25, 0.3) is 0 Å². The van der Waals surface area contributed by atoms with E-state index in [4.69, 9.17) is 4.74 Å². The standard InChI is InChI=1S/C18H20FNO/c1-2-20-16(11-13-7-3-5-9-15(13)19)18-12-14-8-4-6-10-17(14)21-18/h3-10,16,18,20H,2,11-12H2,1H3. The molecule has 0 saturated heterocycles. The van der Waals surface area contributed by atoms with Gasteiger partial charge in [0.1, 0.15) is 17.7 Å². The average molecular weight is 285 g/mol. The van der Waals surface area contributed by atoms with Gasteiger partial charge in [-0.15, -0.1) is 0 Å². The summed E-state index contributed by atoms with van der Waals surface area (Å²) in [5.74, 6) is 0.815. The van der Waals surface area contributed by atoms with Crippen LogP contribution < -0.4 is 10.1 Å². The summed E-state index contributed by atoms with van der Waals surface area (Å²) in [5, 5.41) is 3.44. The van der Waals surface area contributed by atoms with E-state index in [9.17, 15) is 4.39 Å². The average Bonchev–Trinajstić information content (AvgIpc) is 2.93. The van der Waals surface area contributed by atoms with Crippen molar-refractivity contribution in [3.05, 3.63) is 65.5 Å². The fourth-order valence-corrected chi connectivity index (χ4v) is 2.93. The summed E-state index contributed by atoms with van der Waals surface area (Å²) in [5.41, 5.74) is 1.97. The number of ether oxygens (including phenoxy) is 1. The third kappa shape index (κ3) is 3.08. The first kappa shape index (κ1) is 14.1. The van der Waals surface area contributed by atoms with Gasteiger partial charge in [0.05, 0.1) is 0 Å². The largest absolute Gasteiger partial charge is 0.488 e. The van der Waals surface area contributed by atoms with E-state index in [1.807, 2.05) is 30.3 Å². The Morgan fingerprint density at radius 3 is 2.71 bits per heavy atom. The molecule has 1 heterocycles. The minimum Gasteiger partial charge on any atom is -0.488 e. The maximum atomic E-state index is 13.9. The second kappa shape index (κ2) is 6.27. The number of fused-ring (bicyclic) bond motifs is 1. The monoisotopic (exact) mass is 285 g/mol. The second-order valence-electron chi connectivity index (χ2n) is 5.43. The molecule has 1 N–H and O–H groups in total. The van der Waals surface area contributed by atoms with E-state index >= 15 is 0 Å². The molecule has 0 bridgehead atoms. The number of hydrogen-bond donors (Lipinski definition) is 1. The minimum atomic E-state index is -0.143. The van der Waals surface area contributed by atoms with E-state index in [0.717, 1.165) is 24.3 Å². The van der Waals surface area contributed by atoms with Crippen molar-refractivity contribution < 1.29 is 9.13 Å². The van der Waals surface area contributed by atoms with Gasteiger partial charge in [0.15, 0.2) is 0 Å². The SMILES string of the molecule is CCNC(Cc1ccccc1F)C1Cc2ccccc2O1. The van der Waals surface area contributed by atoms with Gasteiger partial charge in [-0.05, 0) is 36.2 Å². The lowest BCUT2D eigenvalue weighted by Crippen LogP contribution is -2.44. The zero-order valence-corrected chi connectivity index (χ0v) is 12.2. The molecule has 21 heavy (non-hydrogen) atoms. The van der Waals surface area contributed by atoms with Gasteiger partial charge in [0, 0.05) is 12.5 Å². The summed E-state index contributed by atoms with van der Waals surface area (Å²) in [4.78, 5) is 0. The highest BCUT2D eigenvalue weighted by Crippen LogP contribution is 2.30. The lowest BCUT2D eigenvalue weighted by Gasteiger charge is -2.24. The molecule has 2 aromatic carbocycles. The molecule has 1 aliphatic rings. The van der Waals surface area contributed by atoms with E-state index in [0.29, 0.717) is 6.42 Å². The third-order valence-electron chi connectivity index (χ3n) is 3.98. The fourth-order valence-electron chi connectivity index (χ4n) is 2.93. The number of hydrogen-bond acceptors (Lipinski definition) is 2. The van der Waals surface area contributed by atoms with Crippen LogP contribution in [0.15, 0.2) is 48.5 Å². The molecule has 0 saturated carbocycles. The Kier molecular flexibility index (Phi) is 4.20. The number of likely N-dealkylation sites (N-methyl/N-ethyl adjacent to an activating group) is 1. The van der Waals surface area contributed by atoms with E-state index in [1.54, 1.807) is 6.07 Å². The van der Waals surface area contributed by atoms with Crippen molar-refractivity contribution in [2.24, 2.45) is 0 Å². The molecular weight excluding hydrogens is 265 g/mol. The first-order valence-corrected chi connectivity index (χ1v) is 7.49. The lowest BCUT2D eigenvalue weighted by molar-refractivity contribution is 0.177. The van der Waals surface area contributed by atoms with E-state index in [2.05, 4.69) is 18.3 Å². The van der Waals surface area contributed by atoms with Gasteiger partial charge >= 0.3 is 0 Å². The molecule has 2 unspecified atom stereocenters. The van der Waals surface area contributed by atoms with Crippen molar-refractivity contribution in [3.63, 3.8) is 0 Å². The maximum absolute atomic E-state index is 13.9. The third-order valence-corrected chi connectivity index (χ3v) is 3.98. The van der Waals surface area contributed by atoms with Crippen LogP contribution in [0.25, 0.3) is 0 Å². The van der Waals surface area contributed by atoms with Gasteiger partial charge in [-0.3, -0.25) is 0 Å². The number of rotatable bonds is 5. The fraction of sp³-hybridized carbons (Fsp3) is 0.333. The second-order valence-corrected chi connectivity index (χ2v) is 5.43. The molecule has 3 rings (SSSR count). The summed E-state index contributed by atoms with van der Waals surface area (Å²) < 4.78 is 19.9. The highest BCUT2D eigenvalue weighted by Gasteiger charge is 2.30. The predicted molar refractivity (Wildman–Crippen MR) is 82.1 cm³/mol. The van der Waals surface area contributed by atoms with Crippen LogP contribution in [0.4, 0.5) is 4.39 Å². The van der Waals surface area contributed by atoms with Gasteiger partial charge in [-0.2, -0.15) is 0 Å². The first-order chi connectivity index (χ1) is 10.3. The van der Waals surface area contributed by atoms with Crippen LogP contribution in [0.3, 0.4) is 0 Å². The quantitative estimate of drug-likeness (QED) is 0.909. The Morgan fingerprint density at radius 1 is 1.19 bits per heavy atom. The van der Waals surface area contributed by atoms with E-state index < -0.39 is 0 Å². The Bertz CT molecular complexity index is 589. The van der Waals surface area contributed by atoms with Crippen LogP contribution in [0.5, 0.6) is 5.75 Å². The molecular formula is C18H20FNO. The molecule has 110 valence electrons. The summed E-state index contributed by atoms with van der Waals surface area (Å²) in [6.07, 6.45) is 1.57. The van der Waals surface area contributed by atoms with Gasteiger partial charge in [-0.25, -0.2) is 4.39 Å². The zero-order valence-electron chi connectivity index (χ0n) is 12.2. The maximum Gasteiger partial charge on any atom is 0.126 e. The zero-order chi connectivity index (χ0) is 14.7. The van der Waals surface area contributed by atoms with Crippen molar-refractivity contribution in [1.29, 1.82) is 0 Å². The lowest BCUT2D eigenvalue weighted by atomic mass is 9.97. The van der Waals surface area contributed by atoms with E-state index in [1.165, 1.54) is 11.6 Å². The van der Waals surface area contributed by atoms with Crippen LogP contribution in [0.1, 0.15) is 18.1 Å². The minimum absolute atomic E-state index is 0.0574. The number of halogens is 1. The molecule has 2 atom stereocenters. The van der Waals surface area contributed by atoms with Gasteiger partial charge in [0.2, 0.25) is 0 Å². The molecule has 0 aliphatic carbocycles. The molecule has 0 radical (unpaired) electrons. The predicted octanol–water partition coefficient (Wildman–Crippen LogP) is 3.35. The van der Waals surface area contributed by atoms with Gasteiger partial charge < -0.3 is 10.1 Å². The summed E-state index contributed by atoms with van der Waals surface area (Å²) >= 11 is 0. The van der Waals surface area contributed by atoms with Crippen LogP contribution in [-0.2, 0) is 12.8 Å². The Hall–Kier alpha value is -1.87. The van der Waals surface area contributed by atoms with Crippen molar-refractivity contribution in [1.82, 2.24) is 5.32 Å². The first-order valence-electron chi connectivity index (χ1n) is 7.49. The molecule has 3 heteroatoms. The van der Waals surface area contributed by atoms with Crippen LogP contribution in [-0.4, -0.2) is 18.7 Å². The van der Waals surface area contributed by atoms with Crippen molar-refractivity contribution in [2.75, 3.05) is 6.54 Å². The highest BCUT2D eigenvalue weighted by atomic mass is 19.1. The molecule has 0 fully saturated rings. The van der Waals surface area contributed by atoms with Crippen molar-refractivity contribution in [3.8, 4) is 5.75 Å². The normalized spacial score (nSPS) is 18.1. The topological polar surface area (TPSA) is 21.3 Å². The molecule has 0 aromatic heterocycles. The van der Waals surface area contributed by atoms with Crippen molar-refractivity contribution >= 4 is 0 Å². The van der Waals surface area contributed by atoms with Crippen LogP contribution in [0.2, 0.25) is 0 Å². The highest BCUT2D eigenvalue weighted by molar-refractivity contribution is 5.38. The smallest absolute Gasteiger partial charge is 0.126 e. The number of nitrogens with one attached hydrogen (secondary N) is 1. The molecule has 2 nitrogen and oxygen atoms in total. The Labute approximate surface area is 125 Å². The molecule has 0 amide bonds. The van der Waals surface area contributed by atoms with Gasteiger partial charge in [-0.1, -0.05) is 43.3 Å². The molecule has 0 spiro atoms. The van der Waals surface area contributed by atoms with Crippen molar-refractivity contribution in [2.45, 2.75) is 31.9 Å². The summed E-state index contributed by atoms with van der Waals surface area (Å²) in [7, 11) is 0. The summed E-state index contributed by atoms with van der Waals surface area (Å²) in [6.45, 7) is 2.91. The number of para-hydroxylation sites is 1. The van der Waals surface area contributed by atoms with Crippen LogP contribution in [0, 0.1) is 5.82 Å². The Morgan fingerprint density at radius 2 is 1.95 bits per heavy atom. The van der Waals surface area contributed by atoms with Crippen LogP contribution >= 0.6 is 0 Å². The molecule has 2 aromatic rings. The number of benzene rings is 2. The van der Waals surface area contributed by atoms with E-state index in [-0.39, 0.29) is 18.0 Å². The Balaban J connectivity index is 1.76. The summed E-state index contributed by atoms with van der Waals surface area (Å²) in [6, 6.07) is 15.2. The molecule has 1 aliphatic heterocycles.